The van der Waals surface area contributed by atoms with Gasteiger partial charge in [-0.25, -0.2) is 14.2 Å². The molecule has 10 heteroatoms. The minimum atomic E-state index is -0.536. The van der Waals surface area contributed by atoms with Crippen LogP contribution in [0.2, 0.25) is 0 Å². The fraction of sp³-hybridized carbons (Fsp3) is 0.360. The number of nitrogens with one attached hydrogen (secondary N) is 2. The number of hydrogen-bond acceptors (Lipinski definition) is 7. The molecular formula is C25H28FN5O4. The summed E-state index contributed by atoms with van der Waals surface area (Å²) in [6.07, 6.45) is 4.17. The lowest BCUT2D eigenvalue weighted by Crippen LogP contribution is -2.35. The van der Waals surface area contributed by atoms with Gasteiger partial charge in [-0.3, -0.25) is 4.79 Å². The number of carbonyl (C=O) groups is 2. The molecule has 0 radical (unpaired) electrons. The molecule has 1 aliphatic rings. The average molecular weight is 482 g/mol. The van der Waals surface area contributed by atoms with Crippen molar-refractivity contribution in [3.63, 3.8) is 0 Å². The third-order valence-corrected chi connectivity index (χ3v) is 6.05. The van der Waals surface area contributed by atoms with Crippen LogP contribution in [0.25, 0.3) is 11.1 Å². The summed E-state index contributed by atoms with van der Waals surface area (Å²) in [6, 6.07) is 11.8. The average Bonchev–Trinajstić information content (AvgIpc) is 3.37. The van der Waals surface area contributed by atoms with E-state index in [1.807, 2.05) is 18.3 Å². The van der Waals surface area contributed by atoms with Gasteiger partial charge < -0.3 is 24.8 Å². The van der Waals surface area contributed by atoms with E-state index in [2.05, 4.69) is 25.7 Å². The highest BCUT2D eigenvalue weighted by Crippen LogP contribution is 2.26. The molecule has 3 heterocycles. The highest BCUT2D eigenvalue weighted by Gasteiger charge is 2.20. The number of nitrogens with zero attached hydrogens (tertiary/aromatic N) is 3. The van der Waals surface area contributed by atoms with Crippen LogP contribution in [0.1, 0.15) is 35.5 Å². The van der Waals surface area contributed by atoms with Crippen molar-refractivity contribution in [1.82, 2.24) is 20.8 Å². The number of aromatic nitrogens is 2. The number of rotatable bonds is 8. The van der Waals surface area contributed by atoms with Gasteiger partial charge in [0.25, 0.3) is 5.91 Å². The lowest BCUT2D eigenvalue weighted by molar-refractivity contribution is 0.0952. The molecule has 0 saturated carbocycles. The number of carbonyl (C=O) groups excluding carboxylic acids is 2. The smallest absolute Gasteiger partial charge is 0.407 e. The molecule has 0 bridgehead atoms. The molecule has 9 nitrogen and oxygen atoms in total. The zero-order valence-electron chi connectivity index (χ0n) is 19.5. The maximum atomic E-state index is 13.1. The van der Waals surface area contributed by atoms with Gasteiger partial charge in [0.1, 0.15) is 11.6 Å². The highest BCUT2D eigenvalue weighted by molar-refractivity contribution is 5.91. The van der Waals surface area contributed by atoms with Crippen molar-refractivity contribution < 1.29 is 23.2 Å². The SMILES string of the molecule is CNC(=O)c1cc(COC(=O)NCCC2CCN(c3ccc(-c4ccc(F)cc4)cn3)CC2)on1. The Bertz CT molecular complexity index is 1130. The lowest BCUT2D eigenvalue weighted by Gasteiger charge is -2.32. The molecule has 4 rings (SSSR count). The number of anilines is 1. The van der Waals surface area contributed by atoms with Gasteiger partial charge in [0.15, 0.2) is 18.1 Å². The number of ether oxygens (including phenoxy) is 1. The van der Waals surface area contributed by atoms with E-state index in [4.69, 9.17) is 9.26 Å². The summed E-state index contributed by atoms with van der Waals surface area (Å²) in [4.78, 5) is 30.3. The second kappa shape index (κ2) is 11.5. The Morgan fingerprint density at radius 1 is 1.14 bits per heavy atom. The van der Waals surface area contributed by atoms with Crippen molar-refractivity contribution in [1.29, 1.82) is 0 Å². The van der Waals surface area contributed by atoms with Crippen molar-refractivity contribution >= 4 is 17.8 Å². The molecule has 2 aromatic heterocycles. The van der Waals surface area contributed by atoms with Gasteiger partial charge in [0, 0.05) is 44.5 Å². The Labute approximate surface area is 202 Å². The van der Waals surface area contributed by atoms with Crippen molar-refractivity contribution in [2.45, 2.75) is 25.9 Å². The summed E-state index contributed by atoms with van der Waals surface area (Å²) in [5.41, 5.74) is 2.03. The van der Waals surface area contributed by atoms with E-state index in [-0.39, 0.29) is 24.0 Å². The van der Waals surface area contributed by atoms with Gasteiger partial charge in [-0.15, -0.1) is 0 Å². The quantitative estimate of drug-likeness (QED) is 0.504. The van der Waals surface area contributed by atoms with E-state index >= 15 is 0 Å². The molecule has 35 heavy (non-hydrogen) atoms. The Kier molecular flexibility index (Phi) is 7.92. The molecular weight excluding hydrogens is 453 g/mol. The number of amides is 2. The zero-order chi connectivity index (χ0) is 24.6. The minimum absolute atomic E-state index is 0.0961. The Morgan fingerprint density at radius 3 is 2.57 bits per heavy atom. The normalized spacial score (nSPS) is 13.9. The van der Waals surface area contributed by atoms with E-state index in [1.54, 1.807) is 12.1 Å². The highest BCUT2D eigenvalue weighted by atomic mass is 19.1. The molecule has 0 unspecified atom stereocenters. The van der Waals surface area contributed by atoms with E-state index < -0.39 is 6.09 Å². The van der Waals surface area contributed by atoms with Gasteiger partial charge in [-0.1, -0.05) is 17.3 Å². The van der Waals surface area contributed by atoms with E-state index in [9.17, 15) is 14.0 Å². The summed E-state index contributed by atoms with van der Waals surface area (Å²) < 4.78 is 23.2. The summed E-state index contributed by atoms with van der Waals surface area (Å²) in [5, 5.41) is 8.82. The van der Waals surface area contributed by atoms with Crippen LogP contribution >= 0.6 is 0 Å². The third-order valence-electron chi connectivity index (χ3n) is 6.05. The van der Waals surface area contributed by atoms with Crippen LogP contribution in [0.15, 0.2) is 53.2 Å². The fourth-order valence-electron chi connectivity index (χ4n) is 4.02. The van der Waals surface area contributed by atoms with Crippen LogP contribution in [0.3, 0.4) is 0 Å². The van der Waals surface area contributed by atoms with Crippen molar-refractivity contribution in [3.8, 4) is 11.1 Å². The first-order valence-electron chi connectivity index (χ1n) is 11.6. The monoisotopic (exact) mass is 481 g/mol. The van der Waals surface area contributed by atoms with Crippen LogP contribution in [0, 0.1) is 11.7 Å². The number of piperidine rings is 1. The molecule has 1 aliphatic heterocycles. The van der Waals surface area contributed by atoms with Gasteiger partial charge in [-0.05, 0) is 55.0 Å². The second-order valence-electron chi connectivity index (χ2n) is 8.39. The number of halogens is 1. The molecule has 3 aromatic rings. The minimum Gasteiger partial charge on any atom is -0.441 e. The van der Waals surface area contributed by atoms with Gasteiger partial charge in [0.2, 0.25) is 0 Å². The summed E-state index contributed by atoms with van der Waals surface area (Å²) in [6.45, 7) is 2.23. The van der Waals surface area contributed by atoms with Crippen LogP contribution in [-0.4, -0.2) is 48.8 Å². The third kappa shape index (κ3) is 6.56. The molecule has 0 atom stereocenters. The first-order chi connectivity index (χ1) is 17.0. The van der Waals surface area contributed by atoms with Crippen molar-refractivity contribution in [3.05, 3.63) is 65.9 Å². The summed E-state index contributed by atoms with van der Waals surface area (Å²) >= 11 is 0. The van der Waals surface area contributed by atoms with Crippen LogP contribution in [0.4, 0.5) is 15.0 Å². The standard InChI is InChI=1S/C25H28FN5O4/c1-27-24(32)22-14-21(35-30-22)16-34-25(33)28-11-8-17-9-12-31(13-10-17)23-7-4-19(15-29-23)18-2-5-20(26)6-3-18/h2-7,14-15,17H,8-13,16H2,1H3,(H,27,32)(H,28,33). The fourth-order valence-corrected chi connectivity index (χ4v) is 4.02. The van der Waals surface area contributed by atoms with E-state index in [1.165, 1.54) is 25.2 Å². The largest absolute Gasteiger partial charge is 0.441 e. The van der Waals surface area contributed by atoms with Gasteiger partial charge >= 0.3 is 6.09 Å². The van der Waals surface area contributed by atoms with Crippen molar-refractivity contribution in [2.75, 3.05) is 31.6 Å². The molecule has 0 spiro atoms. The number of benzene rings is 1. The van der Waals surface area contributed by atoms with E-state index in [0.717, 1.165) is 49.3 Å². The van der Waals surface area contributed by atoms with Crippen LogP contribution in [0.5, 0.6) is 0 Å². The predicted octanol–water partition coefficient (Wildman–Crippen LogP) is 3.77. The molecule has 2 amide bonds. The van der Waals surface area contributed by atoms with Gasteiger partial charge in [0.05, 0.1) is 0 Å². The first kappa shape index (κ1) is 24.2. The second-order valence-corrected chi connectivity index (χ2v) is 8.39. The molecule has 184 valence electrons. The Balaban J connectivity index is 1.14. The summed E-state index contributed by atoms with van der Waals surface area (Å²) in [7, 11) is 1.50. The molecule has 1 fully saturated rings. The maximum absolute atomic E-state index is 13.1. The Morgan fingerprint density at radius 2 is 1.89 bits per heavy atom. The van der Waals surface area contributed by atoms with E-state index in [0.29, 0.717) is 18.2 Å². The number of hydrogen-bond donors (Lipinski definition) is 2. The van der Waals surface area contributed by atoms with Gasteiger partial charge in [-0.2, -0.15) is 0 Å². The summed E-state index contributed by atoms with van der Waals surface area (Å²) in [5.74, 6) is 1.12. The molecule has 2 N–H and O–H groups in total. The number of alkyl carbamates (subject to hydrolysis) is 1. The number of pyridine rings is 1. The lowest BCUT2D eigenvalue weighted by atomic mass is 9.93. The first-order valence-corrected chi connectivity index (χ1v) is 11.6. The molecule has 0 aliphatic carbocycles. The van der Waals surface area contributed by atoms with Crippen LogP contribution < -0.4 is 15.5 Å². The zero-order valence-corrected chi connectivity index (χ0v) is 19.5. The topological polar surface area (TPSA) is 110 Å². The predicted molar refractivity (Wildman–Crippen MR) is 127 cm³/mol. The van der Waals surface area contributed by atoms with Crippen LogP contribution in [-0.2, 0) is 11.3 Å². The maximum Gasteiger partial charge on any atom is 0.407 e. The van der Waals surface area contributed by atoms with Crippen molar-refractivity contribution in [2.24, 2.45) is 5.92 Å². The Hall–Kier alpha value is -3.95. The molecule has 1 aromatic carbocycles. The molecule has 1 saturated heterocycles.